The normalized spacial score (nSPS) is 33.0. The topological polar surface area (TPSA) is 46.2 Å². The highest BCUT2D eigenvalue weighted by Crippen LogP contribution is 2.63. The van der Waals surface area contributed by atoms with Crippen molar-refractivity contribution in [2.24, 2.45) is 11.8 Å². The van der Waals surface area contributed by atoms with Gasteiger partial charge in [-0.15, -0.1) is 0 Å². The van der Waals surface area contributed by atoms with Crippen molar-refractivity contribution < 1.29 is 9.59 Å². The van der Waals surface area contributed by atoms with Crippen molar-refractivity contribution in [2.45, 2.75) is 24.7 Å². The molecule has 2 atom stereocenters. The largest absolute Gasteiger partial charge is 0.296 e. The highest BCUT2D eigenvalue weighted by Gasteiger charge is 2.65. The zero-order valence-electron chi connectivity index (χ0n) is 12.9. The summed E-state index contributed by atoms with van der Waals surface area (Å²) in [7, 11) is 0. The Balaban J connectivity index is 1.95. The molecule has 0 aromatic heterocycles. The number of carbonyl (C=O) groups is 2. The number of nitrogens with one attached hydrogen (secondary N) is 1. The molecule has 1 saturated heterocycles. The second kappa shape index (κ2) is 4.10. The summed E-state index contributed by atoms with van der Waals surface area (Å²) in [6.45, 7) is 2.13. The second-order valence-corrected chi connectivity index (χ2v) is 6.83. The minimum Gasteiger partial charge on any atom is -0.296 e. The lowest BCUT2D eigenvalue weighted by Gasteiger charge is -2.54. The van der Waals surface area contributed by atoms with Crippen molar-refractivity contribution >= 4 is 11.8 Å². The lowest BCUT2D eigenvalue weighted by atomic mass is 9.46. The smallest absolute Gasteiger partial charge is 0.231 e. The lowest BCUT2D eigenvalue weighted by molar-refractivity contribution is -0.126. The van der Waals surface area contributed by atoms with Crippen LogP contribution in [0.2, 0.25) is 0 Å². The zero-order chi connectivity index (χ0) is 15.8. The van der Waals surface area contributed by atoms with E-state index in [1.54, 1.807) is 0 Å². The number of carbonyl (C=O) groups excluding carboxylic acids is 2. The number of hydrogen-bond acceptors (Lipinski definition) is 2. The summed E-state index contributed by atoms with van der Waals surface area (Å²) in [5.41, 5.74) is 4.52. The minimum atomic E-state index is -0.386. The van der Waals surface area contributed by atoms with Crippen LogP contribution in [0.5, 0.6) is 0 Å². The molecule has 3 aliphatic carbocycles. The molecule has 2 bridgehead atoms. The van der Waals surface area contributed by atoms with E-state index in [1.165, 1.54) is 22.3 Å². The first-order valence-corrected chi connectivity index (χ1v) is 8.23. The highest BCUT2D eigenvalue weighted by atomic mass is 16.2. The van der Waals surface area contributed by atoms with Gasteiger partial charge in [0.15, 0.2) is 0 Å². The zero-order valence-corrected chi connectivity index (χ0v) is 12.9. The first-order chi connectivity index (χ1) is 11.2. The van der Waals surface area contributed by atoms with Gasteiger partial charge in [0, 0.05) is 11.3 Å². The summed E-state index contributed by atoms with van der Waals surface area (Å²) in [6.07, 6.45) is 0.815. The third-order valence-electron chi connectivity index (χ3n) is 6.19. The van der Waals surface area contributed by atoms with Crippen molar-refractivity contribution in [2.75, 3.05) is 0 Å². The number of hydrogen-bond donors (Lipinski definition) is 1. The Morgan fingerprint density at radius 3 is 2.04 bits per heavy atom. The number of rotatable bonds is 1. The Labute approximate surface area is 134 Å². The van der Waals surface area contributed by atoms with Crippen molar-refractivity contribution in [3.8, 4) is 0 Å². The molecule has 2 aromatic carbocycles. The van der Waals surface area contributed by atoms with Crippen LogP contribution >= 0.6 is 0 Å². The monoisotopic (exact) mass is 303 g/mol. The van der Waals surface area contributed by atoms with Gasteiger partial charge < -0.3 is 0 Å². The molecule has 2 amide bonds. The molecule has 0 radical (unpaired) electrons. The van der Waals surface area contributed by atoms with E-state index in [2.05, 4.69) is 36.5 Å². The number of imide groups is 1. The van der Waals surface area contributed by atoms with Gasteiger partial charge in [-0.1, -0.05) is 55.5 Å². The SMILES string of the molecule is CCC12c3ccccc3C(c3ccccc31)[C@@H]1C(=O)NC(=O)[C@@H]12. The predicted molar refractivity (Wildman–Crippen MR) is 85.9 cm³/mol. The van der Waals surface area contributed by atoms with E-state index in [0.717, 1.165) is 6.42 Å². The summed E-state index contributed by atoms with van der Waals surface area (Å²) in [5, 5.41) is 2.61. The number of amides is 2. The molecule has 1 N–H and O–H groups in total. The van der Waals surface area contributed by atoms with Crippen LogP contribution in [0.1, 0.15) is 41.5 Å². The molecular formula is C20H17NO2. The van der Waals surface area contributed by atoms with E-state index in [0.29, 0.717) is 0 Å². The van der Waals surface area contributed by atoms with Crippen LogP contribution in [0.4, 0.5) is 0 Å². The molecule has 3 nitrogen and oxygen atoms in total. The molecule has 0 unspecified atom stereocenters. The Kier molecular flexibility index (Phi) is 2.33. The Hall–Kier alpha value is -2.42. The van der Waals surface area contributed by atoms with Crippen LogP contribution in [0.15, 0.2) is 48.5 Å². The van der Waals surface area contributed by atoms with E-state index < -0.39 is 0 Å². The first kappa shape index (κ1) is 13.1. The molecule has 1 heterocycles. The Morgan fingerprint density at radius 1 is 0.913 bits per heavy atom. The fraction of sp³-hybridized carbons (Fsp3) is 0.300. The molecular weight excluding hydrogens is 286 g/mol. The maximum atomic E-state index is 12.7. The van der Waals surface area contributed by atoms with Crippen LogP contribution < -0.4 is 5.32 Å². The van der Waals surface area contributed by atoms with E-state index in [1.807, 2.05) is 24.3 Å². The van der Waals surface area contributed by atoms with E-state index in [-0.39, 0.29) is 35.0 Å². The third kappa shape index (κ3) is 1.29. The van der Waals surface area contributed by atoms with Gasteiger partial charge in [0.2, 0.25) is 11.8 Å². The minimum absolute atomic E-state index is 0.00715. The maximum absolute atomic E-state index is 12.7. The fourth-order valence-electron chi connectivity index (χ4n) is 5.46. The molecule has 1 aliphatic heterocycles. The first-order valence-electron chi connectivity index (χ1n) is 8.23. The third-order valence-corrected chi connectivity index (χ3v) is 6.19. The van der Waals surface area contributed by atoms with Gasteiger partial charge in [-0.05, 0) is 28.7 Å². The molecule has 6 rings (SSSR count). The molecule has 0 spiro atoms. The molecule has 114 valence electrons. The van der Waals surface area contributed by atoms with Crippen LogP contribution in [0, 0.1) is 11.8 Å². The quantitative estimate of drug-likeness (QED) is 0.823. The predicted octanol–water partition coefficient (Wildman–Crippen LogP) is 2.73. The summed E-state index contributed by atoms with van der Waals surface area (Å²) in [4.78, 5) is 25.2. The molecule has 1 fully saturated rings. The van der Waals surface area contributed by atoms with Gasteiger partial charge in [0.25, 0.3) is 0 Å². The van der Waals surface area contributed by atoms with E-state index in [9.17, 15) is 9.59 Å². The molecule has 2 aromatic rings. The second-order valence-electron chi connectivity index (χ2n) is 6.83. The maximum Gasteiger partial charge on any atom is 0.231 e. The molecule has 0 saturated carbocycles. The average molecular weight is 303 g/mol. The van der Waals surface area contributed by atoms with Crippen molar-refractivity contribution in [1.29, 1.82) is 0 Å². The molecule has 23 heavy (non-hydrogen) atoms. The van der Waals surface area contributed by atoms with Crippen LogP contribution in [0.3, 0.4) is 0 Å². The lowest BCUT2D eigenvalue weighted by Crippen LogP contribution is -2.53. The molecule has 3 heteroatoms. The van der Waals surface area contributed by atoms with E-state index in [4.69, 9.17) is 0 Å². The van der Waals surface area contributed by atoms with Crippen LogP contribution in [-0.2, 0) is 15.0 Å². The van der Waals surface area contributed by atoms with Gasteiger partial charge in [-0.3, -0.25) is 14.9 Å². The van der Waals surface area contributed by atoms with Gasteiger partial charge in [-0.25, -0.2) is 0 Å². The fourth-order valence-corrected chi connectivity index (χ4v) is 5.46. The van der Waals surface area contributed by atoms with Gasteiger partial charge >= 0.3 is 0 Å². The van der Waals surface area contributed by atoms with Gasteiger partial charge in [0.1, 0.15) is 0 Å². The summed E-state index contributed by atoms with van der Waals surface area (Å²) >= 11 is 0. The number of benzene rings is 2. The van der Waals surface area contributed by atoms with Gasteiger partial charge in [-0.2, -0.15) is 0 Å². The Morgan fingerprint density at radius 2 is 1.48 bits per heavy atom. The standard InChI is InChI=1S/C20H17NO2/c1-2-20-13-9-5-3-7-11(13)15(12-8-4-6-10-14(12)20)16-17(20)19(23)21-18(16)22/h3-10,15-17H,2H2,1H3,(H,21,22,23)/t15?,16-,17+,20?/m0/s1. The van der Waals surface area contributed by atoms with Crippen LogP contribution in [-0.4, -0.2) is 11.8 Å². The highest BCUT2D eigenvalue weighted by molar-refractivity contribution is 6.08. The van der Waals surface area contributed by atoms with Crippen molar-refractivity contribution in [3.05, 3.63) is 70.8 Å². The average Bonchev–Trinajstić information content (AvgIpc) is 2.90. The van der Waals surface area contributed by atoms with Gasteiger partial charge in [0.05, 0.1) is 11.8 Å². The Bertz CT molecular complexity index is 822. The molecule has 4 aliphatic rings. The summed E-state index contributed by atoms with van der Waals surface area (Å²) in [5.74, 6) is -0.767. The van der Waals surface area contributed by atoms with E-state index >= 15 is 0 Å². The van der Waals surface area contributed by atoms with Crippen LogP contribution in [0.25, 0.3) is 0 Å². The van der Waals surface area contributed by atoms with Crippen molar-refractivity contribution in [1.82, 2.24) is 5.32 Å². The van der Waals surface area contributed by atoms with Crippen molar-refractivity contribution in [3.63, 3.8) is 0 Å². The summed E-state index contributed by atoms with van der Waals surface area (Å²) in [6, 6.07) is 16.7. The summed E-state index contributed by atoms with van der Waals surface area (Å²) < 4.78 is 0.